The Labute approximate surface area is 198 Å². The van der Waals surface area contributed by atoms with E-state index in [0.29, 0.717) is 41.3 Å². The van der Waals surface area contributed by atoms with Crippen LogP contribution in [0.15, 0.2) is 66.8 Å². The molecule has 0 aliphatic heterocycles. The molecule has 180 valence electrons. The number of ether oxygens (including phenoxy) is 5. The standard InChI is InChI=1S/C26H28O8/c1-5-19(4)26(29)33-15-13-31-24-16-21(20-6-9-22(10-7-20)34-17-27)8-11-23(24)30-12-14-32-25(28)18(2)3/h6-11,16-17H,2,4-5,12-15H2,1,3H3. The monoisotopic (exact) mass is 468 g/mol. The smallest absolute Gasteiger partial charge is 0.333 e. The normalized spacial score (nSPS) is 10.1. The van der Waals surface area contributed by atoms with Gasteiger partial charge in [-0.15, -0.1) is 0 Å². The zero-order chi connectivity index (χ0) is 24.9. The summed E-state index contributed by atoms with van der Waals surface area (Å²) < 4.78 is 26.6. The van der Waals surface area contributed by atoms with Crippen molar-refractivity contribution in [3.8, 4) is 28.4 Å². The summed E-state index contributed by atoms with van der Waals surface area (Å²) in [5, 5.41) is 0. The number of carbonyl (C=O) groups is 3. The molecule has 0 unspecified atom stereocenters. The molecule has 0 atom stereocenters. The van der Waals surface area contributed by atoms with Crippen LogP contribution in [-0.2, 0) is 23.9 Å². The van der Waals surface area contributed by atoms with Crippen LogP contribution in [0.25, 0.3) is 11.1 Å². The lowest BCUT2D eigenvalue weighted by atomic mass is 10.1. The molecule has 0 aliphatic rings. The van der Waals surface area contributed by atoms with Crippen LogP contribution in [0.2, 0.25) is 0 Å². The molecule has 0 heterocycles. The van der Waals surface area contributed by atoms with Crippen molar-refractivity contribution >= 4 is 18.4 Å². The van der Waals surface area contributed by atoms with Gasteiger partial charge in [0.2, 0.25) is 0 Å². The summed E-state index contributed by atoms with van der Waals surface area (Å²) >= 11 is 0. The molecule has 0 saturated heterocycles. The van der Waals surface area contributed by atoms with Gasteiger partial charge in [0.1, 0.15) is 32.2 Å². The van der Waals surface area contributed by atoms with Crippen molar-refractivity contribution in [2.45, 2.75) is 20.3 Å². The largest absolute Gasteiger partial charge is 0.486 e. The molecule has 0 radical (unpaired) electrons. The van der Waals surface area contributed by atoms with Crippen LogP contribution in [0.1, 0.15) is 20.3 Å². The molecule has 0 N–H and O–H groups in total. The van der Waals surface area contributed by atoms with Crippen LogP contribution >= 0.6 is 0 Å². The first kappa shape index (κ1) is 26.2. The maximum atomic E-state index is 11.8. The van der Waals surface area contributed by atoms with Gasteiger partial charge < -0.3 is 23.7 Å². The molecule has 0 bridgehead atoms. The van der Waals surface area contributed by atoms with Gasteiger partial charge in [-0.1, -0.05) is 38.3 Å². The van der Waals surface area contributed by atoms with E-state index >= 15 is 0 Å². The van der Waals surface area contributed by atoms with E-state index in [9.17, 15) is 14.4 Å². The third kappa shape index (κ3) is 8.12. The van der Waals surface area contributed by atoms with E-state index in [0.717, 1.165) is 11.1 Å². The summed E-state index contributed by atoms with van der Waals surface area (Å²) in [5.41, 5.74) is 2.37. The number of esters is 2. The molecule has 2 aromatic carbocycles. The Bertz CT molecular complexity index is 1020. The molecule has 0 aliphatic carbocycles. The maximum absolute atomic E-state index is 11.8. The zero-order valence-electron chi connectivity index (χ0n) is 19.3. The van der Waals surface area contributed by atoms with Crippen molar-refractivity contribution in [2.75, 3.05) is 26.4 Å². The zero-order valence-corrected chi connectivity index (χ0v) is 19.3. The quantitative estimate of drug-likeness (QED) is 0.175. The van der Waals surface area contributed by atoms with E-state index in [2.05, 4.69) is 13.2 Å². The maximum Gasteiger partial charge on any atom is 0.333 e. The summed E-state index contributed by atoms with van der Waals surface area (Å²) in [6.45, 7) is 11.2. The highest BCUT2D eigenvalue weighted by atomic mass is 16.6. The minimum Gasteiger partial charge on any atom is -0.486 e. The van der Waals surface area contributed by atoms with Crippen LogP contribution < -0.4 is 14.2 Å². The van der Waals surface area contributed by atoms with Gasteiger partial charge in [0.15, 0.2) is 11.5 Å². The Hall–Kier alpha value is -4.07. The topological polar surface area (TPSA) is 97.4 Å². The fraction of sp³-hybridized carbons (Fsp3) is 0.269. The number of rotatable bonds is 14. The van der Waals surface area contributed by atoms with E-state index in [4.69, 9.17) is 23.7 Å². The van der Waals surface area contributed by atoms with Crippen molar-refractivity contribution in [1.29, 1.82) is 0 Å². The summed E-state index contributed by atoms with van der Waals surface area (Å²) in [4.78, 5) is 33.8. The average Bonchev–Trinajstić information content (AvgIpc) is 2.84. The molecule has 8 heteroatoms. The Morgan fingerprint density at radius 1 is 0.824 bits per heavy atom. The van der Waals surface area contributed by atoms with Crippen molar-refractivity contribution in [3.63, 3.8) is 0 Å². The molecule has 0 aromatic heterocycles. The van der Waals surface area contributed by atoms with Gasteiger partial charge in [0, 0.05) is 11.1 Å². The lowest BCUT2D eigenvalue weighted by molar-refractivity contribution is -0.140. The highest BCUT2D eigenvalue weighted by Crippen LogP contribution is 2.33. The first-order valence-corrected chi connectivity index (χ1v) is 10.6. The molecule has 0 amide bonds. The van der Waals surface area contributed by atoms with Gasteiger partial charge in [-0.3, -0.25) is 4.79 Å². The van der Waals surface area contributed by atoms with Crippen LogP contribution in [0.4, 0.5) is 0 Å². The Morgan fingerprint density at radius 2 is 1.41 bits per heavy atom. The molecule has 8 nitrogen and oxygen atoms in total. The van der Waals surface area contributed by atoms with E-state index in [1.54, 1.807) is 43.3 Å². The van der Waals surface area contributed by atoms with Crippen LogP contribution in [0.5, 0.6) is 17.2 Å². The second-order valence-electron chi connectivity index (χ2n) is 7.11. The first-order chi connectivity index (χ1) is 16.3. The predicted octanol–water partition coefficient (Wildman–Crippen LogP) is 4.28. The summed E-state index contributed by atoms with van der Waals surface area (Å²) in [5.74, 6) is 0.318. The van der Waals surface area contributed by atoms with Crippen LogP contribution in [0, 0.1) is 0 Å². The summed E-state index contributed by atoms with van der Waals surface area (Å²) in [6.07, 6.45) is 0.506. The van der Waals surface area contributed by atoms with E-state index < -0.39 is 11.9 Å². The van der Waals surface area contributed by atoms with Crippen LogP contribution in [-0.4, -0.2) is 44.8 Å². The van der Waals surface area contributed by atoms with E-state index in [1.807, 2.05) is 13.0 Å². The number of hydrogen-bond donors (Lipinski definition) is 0. The van der Waals surface area contributed by atoms with Gasteiger partial charge in [-0.2, -0.15) is 0 Å². The SMILES string of the molecule is C=C(C)C(=O)OCCOc1ccc(-c2ccc(OC=O)cc2)cc1OCCOC(=O)C(=C)CC. The summed E-state index contributed by atoms with van der Waals surface area (Å²) in [6, 6.07) is 12.3. The minimum atomic E-state index is -0.493. The van der Waals surface area contributed by atoms with Crippen molar-refractivity contribution < 1.29 is 38.1 Å². The van der Waals surface area contributed by atoms with E-state index in [-0.39, 0.29) is 26.4 Å². The number of benzene rings is 2. The molecular weight excluding hydrogens is 440 g/mol. The minimum absolute atomic E-state index is 0.0372. The highest BCUT2D eigenvalue weighted by molar-refractivity contribution is 5.87. The van der Waals surface area contributed by atoms with Gasteiger partial charge in [-0.25, -0.2) is 9.59 Å². The van der Waals surface area contributed by atoms with Gasteiger partial charge >= 0.3 is 11.9 Å². The lowest BCUT2D eigenvalue weighted by Crippen LogP contribution is -2.14. The van der Waals surface area contributed by atoms with Crippen molar-refractivity contribution in [3.05, 3.63) is 66.8 Å². The number of carbonyl (C=O) groups excluding carboxylic acids is 3. The van der Waals surface area contributed by atoms with Gasteiger partial charge in [0.05, 0.1) is 0 Å². The molecule has 0 saturated carbocycles. The average molecular weight is 469 g/mol. The van der Waals surface area contributed by atoms with E-state index in [1.165, 1.54) is 0 Å². The third-order valence-electron chi connectivity index (χ3n) is 4.53. The summed E-state index contributed by atoms with van der Waals surface area (Å²) in [7, 11) is 0. The van der Waals surface area contributed by atoms with Crippen molar-refractivity contribution in [2.24, 2.45) is 0 Å². The third-order valence-corrected chi connectivity index (χ3v) is 4.53. The molecule has 34 heavy (non-hydrogen) atoms. The highest BCUT2D eigenvalue weighted by Gasteiger charge is 2.11. The van der Waals surface area contributed by atoms with Gasteiger partial charge in [-0.05, 0) is 48.7 Å². The Morgan fingerprint density at radius 3 is 2.00 bits per heavy atom. The van der Waals surface area contributed by atoms with Gasteiger partial charge in [0.25, 0.3) is 6.47 Å². The molecule has 0 spiro atoms. The van der Waals surface area contributed by atoms with Crippen LogP contribution in [0.3, 0.4) is 0 Å². The molecule has 2 aromatic rings. The predicted molar refractivity (Wildman–Crippen MR) is 126 cm³/mol. The fourth-order valence-corrected chi connectivity index (χ4v) is 2.64. The molecular formula is C26H28O8. The van der Waals surface area contributed by atoms with Crippen molar-refractivity contribution in [1.82, 2.24) is 0 Å². The Balaban J connectivity index is 2.10. The molecule has 2 rings (SSSR count). The second kappa shape index (κ2) is 13.5. The first-order valence-electron chi connectivity index (χ1n) is 10.6. The fourth-order valence-electron chi connectivity index (χ4n) is 2.64. The second-order valence-corrected chi connectivity index (χ2v) is 7.11. The number of hydrogen-bond acceptors (Lipinski definition) is 8. The lowest BCUT2D eigenvalue weighted by Gasteiger charge is -2.15. The molecule has 0 fully saturated rings. The Kier molecular flexibility index (Phi) is 10.4.